The molecule has 254 valence electrons. The monoisotopic (exact) mass is 649 g/mol. The zero-order chi connectivity index (χ0) is 35.3. The fraction of sp³-hybridized carbons (Fsp3) is 0.552. The number of non-ortho nitro benzene ring substituents is 1. The lowest BCUT2D eigenvalue weighted by Gasteiger charge is -2.28. The Morgan fingerprint density at radius 2 is 1.04 bits per heavy atom. The molecule has 0 aliphatic heterocycles. The van der Waals surface area contributed by atoms with Crippen LogP contribution < -0.4 is 31.9 Å². The van der Waals surface area contributed by atoms with Crippen LogP contribution in [0.3, 0.4) is 0 Å². The minimum absolute atomic E-state index is 0.157. The molecule has 1 aromatic carbocycles. The van der Waals surface area contributed by atoms with E-state index >= 15 is 0 Å². The van der Waals surface area contributed by atoms with Gasteiger partial charge in [-0.15, -0.1) is 0 Å². The molecule has 1 aromatic rings. The highest BCUT2D eigenvalue weighted by Crippen LogP contribution is 2.15. The van der Waals surface area contributed by atoms with Crippen LogP contribution in [0.15, 0.2) is 24.3 Å². The molecule has 5 atom stereocenters. The second-order valence-corrected chi connectivity index (χ2v) is 11.4. The van der Waals surface area contributed by atoms with E-state index in [0.717, 1.165) is 0 Å². The van der Waals surface area contributed by atoms with E-state index in [-0.39, 0.29) is 17.8 Å². The van der Waals surface area contributed by atoms with Crippen LogP contribution in [0.2, 0.25) is 0 Å². The molecule has 0 spiro atoms. The molecule has 0 aliphatic rings. The van der Waals surface area contributed by atoms with E-state index in [1.165, 1.54) is 45.0 Å². The summed E-state index contributed by atoms with van der Waals surface area (Å²) in [5, 5.41) is 34.5. The van der Waals surface area contributed by atoms with E-state index in [0.29, 0.717) is 0 Å². The van der Waals surface area contributed by atoms with Gasteiger partial charge in [0.05, 0.1) is 11.3 Å². The van der Waals surface area contributed by atoms with Gasteiger partial charge in [-0.05, 0) is 44.7 Å². The fourth-order valence-corrected chi connectivity index (χ4v) is 3.88. The molecule has 0 unspecified atom stereocenters. The molecule has 0 saturated heterocycles. The van der Waals surface area contributed by atoms with Crippen LogP contribution in [0.1, 0.15) is 61.3 Å². The van der Waals surface area contributed by atoms with Crippen molar-refractivity contribution in [3.05, 3.63) is 34.4 Å². The zero-order valence-electron chi connectivity index (χ0n) is 26.8. The summed E-state index contributed by atoms with van der Waals surface area (Å²) >= 11 is 0. The number of anilines is 1. The highest BCUT2D eigenvalue weighted by atomic mass is 16.6. The van der Waals surface area contributed by atoms with Crippen molar-refractivity contribution in [1.82, 2.24) is 26.6 Å². The van der Waals surface area contributed by atoms with Crippen molar-refractivity contribution < 1.29 is 43.6 Å². The Bertz CT molecular complexity index is 1300. The van der Waals surface area contributed by atoms with Gasteiger partial charge < -0.3 is 37.0 Å². The average molecular weight is 650 g/mol. The third-order valence-corrected chi connectivity index (χ3v) is 6.68. The Morgan fingerprint density at radius 1 is 0.630 bits per heavy atom. The number of benzene rings is 1. The highest BCUT2D eigenvalue weighted by molar-refractivity contribution is 5.99. The average Bonchev–Trinajstić information content (AvgIpc) is 2.96. The summed E-state index contributed by atoms with van der Waals surface area (Å²) < 4.78 is 0. The SMILES string of the molecule is CC(C)[C@H](NC(=O)[C@H](C)NC(=O)CCC(=O)O)C(=O)N[C@H](C(=O)N[C@@H](C)C(=O)N[C@@H](C)C(=O)Nc1ccc([N+](=O)[O-])cc1)C(C)C. The van der Waals surface area contributed by atoms with Gasteiger partial charge in [0, 0.05) is 24.2 Å². The molecule has 46 heavy (non-hydrogen) atoms. The van der Waals surface area contributed by atoms with Gasteiger partial charge in [-0.3, -0.25) is 43.7 Å². The molecule has 0 aliphatic carbocycles. The molecule has 0 saturated carbocycles. The number of nitro benzene ring substituents is 1. The minimum atomic E-state index is -1.17. The smallest absolute Gasteiger partial charge is 0.303 e. The fourth-order valence-electron chi connectivity index (χ4n) is 3.88. The van der Waals surface area contributed by atoms with Crippen LogP contribution >= 0.6 is 0 Å². The Hall–Kier alpha value is -5.09. The summed E-state index contributed by atoms with van der Waals surface area (Å²) in [5.41, 5.74) is 0.120. The molecule has 1 rings (SSSR count). The molecule has 6 amide bonds. The van der Waals surface area contributed by atoms with Crippen molar-refractivity contribution in [2.45, 2.75) is 91.5 Å². The van der Waals surface area contributed by atoms with Crippen molar-refractivity contribution in [2.75, 3.05) is 5.32 Å². The number of nitrogens with one attached hydrogen (secondary N) is 6. The second-order valence-electron chi connectivity index (χ2n) is 11.4. The maximum atomic E-state index is 13.2. The van der Waals surface area contributed by atoms with Gasteiger partial charge in [0.2, 0.25) is 35.4 Å². The Morgan fingerprint density at radius 3 is 1.52 bits per heavy atom. The quantitative estimate of drug-likeness (QED) is 0.0891. The van der Waals surface area contributed by atoms with Crippen LogP contribution in [0, 0.1) is 22.0 Å². The lowest BCUT2D eigenvalue weighted by molar-refractivity contribution is -0.384. The Labute approximate surface area is 266 Å². The number of nitrogens with zero attached hydrogens (tertiary/aromatic N) is 1. The van der Waals surface area contributed by atoms with Gasteiger partial charge in [-0.1, -0.05) is 27.7 Å². The van der Waals surface area contributed by atoms with Crippen LogP contribution in [-0.2, 0) is 33.6 Å². The lowest BCUT2D eigenvalue weighted by Crippen LogP contribution is -2.60. The summed E-state index contributed by atoms with van der Waals surface area (Å²) in [7, 11) is 0. The maximum absolute atomic E-state index is 13.2. The third-order valence-electron chi connectivity index (χ3n) is 6.68. The first-order valence-electron chi connectivity index (χ1n) is 14.6. The standard InChI is InChI=1S/C29H43N7O10/c1-14(2)23(35-29(44)24(15(3)4)34-27(42)16(5)30-21(37)12-13-22(38)39)28(43)32-17(6)25(40)31-18(7)26(41)33-19-8-10-20(11-9-19)36(45)46/h8-11,14-18,23-24H,12-13H2,1-7H3,(H,30,37)(H,31,40)(H,32,43)(H,33,41)(H,34,42)(H,35,44)(H,38,39)/t16-,17-,18-,23-,24-/m0/s1. The molecular formula is C29H43N7O10. The zero-order valence-corrected chi connectivity index (χ0v) is 26.8. The van der Waals surface area contributed by atoms with Gasteiger partial charge in [0.15, 0.2) is 0 Å². The number of aliphatic carboxylic acids is 1. The van der Waals surface area contributed by atoms with Crippen molar-refractivity contribution >= 4 is 52.8 Å². The normalized spacial score (nSPS) is 14.1. The van der Waals surface area contributed by atoms with E-state index in [1.807, 2.05) is 0 Å². The number of carboxylic acid groups (broad SMARTS) is 1. The van der Waals surface area contributed by atoms with Gasteiger partial charge in [0.1, 0.15) is 30.2 Å². The summed E-state index contributed by atoms with van der Waals surface area (Å²) in [6.07, 6.45) is -0.730. The van der Waals surface area contributed by atoms with Crippen molar-refractivity contribution in [1.29, 1.82) is 0 Å². The number of amides is 6. The number of hydrogen-bond donors (Lipinski definition) is 7. The van der Waals surface area contributed by atoms with Crippen LogP contribution in [0.25, 0.3) is 0 Å². The highest BCUT2D eigenvalue weighted by Gasteiger charge is 2.33. The molecule has 0 bridgehead atoms. The molecule has 0 radical (unpaired) electrons. The van der Waals surface area contributed by atoms with E-state index in [2.05, 4.69) is 31.9 Å². The van der Waals surface area contributed by atoms with Crippen LogP contribution in [0.4, 0.5) is 11.4 Å². The topological polar surface area (TPSA) is 255 Å². The number of rotatable bonds is 17. The summed E-state index contributed by atoms with van der Waals surface area (Å²) in [5.74, 6) is -6.06. The maximum Gasteiger partial charge on any atom is 0.303 e. The molecule has 17 heteroatoms. The van der Waals surface area contributed by atoms with E-state index in [9.17, 15) is 43.7 Å². The minimum Gasteiger partial charge on any atom is -0.481 e. The summed E-state index contributed by atoms with van der Waals surface area (Å²) in [6, 6.07) is -0.339. The number of carboxylic acids is 1. The van der Waals surface area contributed by atoms with E-state index in [1.54, 1.807) is 27.7 Å². The molecule has 0 aromatic heterocycles. The summed E-state index contributed by atoms with van der Waals surface area (Å²) in [6.45, 7) is 10.8. The molecule has 17 nitrogen and oxygen atoms in total. The number of nitro groups is 1. The Balaban J connectivity index is 2.78. The van der Waals surface area contributed by atoms with E-state index in [4.69, 9.17) is 5.11 Å². The first-order valence-corrected chi connectivity index (χ1v) is 14.6. The predicted octanol–water partition coefficient (Wildman–Crippen LogP) is 0.194. The van der Waals surface area contributed by atoms with Crippen molar-refractivity contribution in [3.63, 3.8) is 0 Å². The largest absolute Gasteiger partial charge is 0.481 e. The number of carbonyl (C=O) groups is 7. The molecular weight excluding hydrogens is 606 g/mol. The Kier molecular flexibility index (Phi) is 15.3. The van der Waals surface area contributed by atoms with Crippen LogP contribution in [-0.4, -0.2) is 81.7 Å². The molecule has 0 fully saturated rings. The molecule has 0 heterocycles. The summed E-state index contributed by atoms with van der Waals surface area (Å²) in [4.78, 5) is 97.0. The van der Waals surface area contributed by atoms with Crippen LogP contribution in [0.5, 0.6) is 0 Å². The molecule has 7 N–H and O–H groups in total. The van der Waals surface area contributed by atoms with Gasteiger partial charge in [-0.2, -0.15) is 0 Å². The number of hydrogen-bond acceptors (Lipinski definition) is 9. The van der Waals surface area contributed by atoms with E-state index < -0.39 is 94.8 Å². The van der Waals surface area contributed by atoms with Crippen molar-refractivity contribution in [3.8, 4) is 0 Å². The van der Waals surface area contributed by atoms with Gasteiger partial charge in [0.25, 0.3) is 5.69 Å². The van der Waals surface area contributed by atoms with Gasteiger partial charge in [-0.25, -0.2) is 0 Å². The second kappa shape index (κ2) is 18.0. The third kappa shape index (κ3) is 12.9. The lowest BCUT2D eigenvalue weighted by atomic mass is 9.99. The predicted molar refractivity (Wildman–Crippen MR) is 165 cm³/mol. The van der Waals surface area contributed by atoms with Crippen molar-refractivity contribution in [2.24, 2.45) is 11.8 Å². The van der Waals surface area contributed by atoms with Gasteiger partial charge >= 0.3 is 5.97 Å². The number of carbonyl (C=O) groups excluding carboxylic acids is 6. The first kappa shape index (κ1) is 38.9. The first-order chi connectivity index (χ1) is 21.3.